The minimum absolute atomic E-state index is 0.723. The summed E-state index contributed by atoms with van der Waals surface area (Å²) in [6.07, 6.45) is 19.2. The van der Waals surface area contributed by atoms with Gasteiger partial charge in [0.1, 0.15) is 0 Å². The van der Waals surface area contributed by atoms with Gasteiger partial charge in [0.05, 0.1) is 0 Å². The Labute approximate surface area is 136 Å². The Morgan fingerprint density at radius 2 is 0.727 bits per heavy atom. The van der Waals surface area contributed by atoms with Crippen molar-refractivity contribution in [2.24, 2.45) is 46.3 Å². The van der Waals surface area contributed by atoms with Gasteiger partial charge in [-0.1, -0.05) is 6.92 Å². The van der Waals surface area contributed by atoms with Crippen molar-refractivity contribution in [3.8, 4) is 0 Å². The summed E-state index contributed by atoms with van der Waals surface area (Å²) >= 11 is 0. The molecule has 8 saturated carbocycles. The van der Waals surface area contributed by atoms with Gasteiger partial charge in [-0.3, -0.25) is 0 Å². The minimum Gasteiger partial charge on any atom is -0.0580 e. The highest BCUT2D eigenvalue weighted by molar-refractivity contribution is 5.23. The van der Waals surface area contributed by atoms with E-state index >= 15 is 0 Å². The normalized spacial score (nSPS) is 61.4. The molecular formula is C22H33. The van der Waals surface area contributed by atoms with Crippen molar-refractivity contribution in [1.82, 2.24) is 0 Å². The zero-order valence-corrected chi connectivity index (χ0v) is 14.4. The first-order valence-electron chi connectivity index (χ1n) is 10.5. The highest BCUT2D eigenvalue weighted by atomic mass is 14.7. The summed E-state index contributed by atoms with van der Waals surface area (Å²) in [5.41, 5.74) is 1.45. The van der Waals surface area contributed by atoms with Crippen LogP contribution in [0.25, 0.3) is 0 Å². The molecular weight excluding hydrogens is 264 g/mol. The molecule has 0 unspecified atom stereocenters. The lowest BCUT2D eigenvalue weighted by molar-refractivity contribution is -0.103. The molecule has 0 aliphatic heterocycles. The van der Waals surface area contributed by atoms with Crippen LogP contribution in [0.15, 0.2) is 0 Å². The highest BCUT2D eigenvalue weighted by Gasteiger charge is 2.61. The van der Waals surface area contributed by atoms with Crippen LogP contribution in [0.2, 0.25) is 0 Å². The Morgan fingerprint density at radius 1 is 0.500 bits per heavy atom. The molecule has 0 saturated heterocycles. The van der Waals surface area contributed by atoms with Crippen molar-refractivity contribution < 1.29 is 0 Å². The van der Waals surface area contributed by atoms with Crippen molar-refractivity contribution >= 4 is 0 Å². The summed E-state index contributed by atoms with van der Waals surface area (Å²) in [5.74, 6) is 8.79. The first-order valence-corrected chi connectivity index (χ1v) is 10.5. The molecule has 0 nitrogen and oxygen atoms in total. The van der Waals surface area contributed by atoms with Crippen LogP contribution in [-0.4, -0.2) is 0 Å². The fraction of sp³-hybridized carbons (Fsp3) is 0.955. The van der Waals surface area contributed by atoms with Crippen molar-refractivity contribution in [3.63, 3.8) is 0 Å². The molecule has 0 aromatic rings. The molecule has 8 bridgehead atoms. The van der Waals surface area contributed by atoms with E-state index in [-0.39, 0.29) is 0 Å². The molecule has 8 aliphatic rings. The van der Waals surface area contributed by atoms with E-state index in [4.69, 9.17) is 0 Å². The van der Waals surface area contributed by atoms with Crippen molar-refractivity contribution in [3.05, 3.63) is 5.92 Å². The quantitative estimate of drug-likeness (QED) is 0.585. The molecule has 0 atom stereocenters. The van der Waals surface area contributed by atoms with Gasteiger partial charge in [-0.15, -0.1) is 0 Å². The summed E-state index contributed by atoms with van der Waals surface area (Å²) in [6.45, 7) is 2.68. The fourth-order valence-corrected chi connectivity index (χ4v) is 9.70. The number of rotatable bonds is 2. The van der Waals surface area contributed by atoms with Gasteiger partial charge in [0.2, 0.25) is 0 Å². The third-order valence-corrected chi connectivity index (χ3v) is 9.67. The third kappa shape index (κ3) is 1.66. The molecule has 8 aliphatic carbocycles. The second kappa shape index (κ2) is 4.15. The van der Waals surface area contributed by atoms with E-state index in [9.17, 15) is 0 Å². The summed E-state index contributed by atoms with van der Waals surface area (Å²) in [6, 6.07) is 0. The van der Waals surface area contributed by atoms with Crippen LogP contribution in [0, 0.1) is 52.3 Å². The summed E-state index contributed by atoms with van der Waals surface area (Å²) in [4.78, 5) is 0. The Morgan fingerprint density at radius 3 is 0.955 bits per heavy atom. The van der Waals surface area contributed by atoms with Crippen LogP contribution in [0.1, 0.15) is 84.0 Å². The molecule has 0 spiro atoms. The maximum absolute atomic E-state index is 2.68. The second-order valence-corrected chi connectivity index (χ2v) is 11.0. The molecule has 0 heteroatoms. The molecule has 0 aromatic heterocycles. The maximum Gasteiger partial charge on any atom is -0.0148 e. The fourth-order valence-electron chi connectivity index (χ4n) is 9.70. The van der Waals surface area contributed by atoms with Crippen LogP contribution in [-0.2, 0) is 0 Å². The van der Waals surface area contributed by atoms with Crippen molar-refractivity contribution in [2.75, 3.05) is 0 Å². The Kier molecular flexibility index (Phi) is 2.51. The smallest absolute Gasteiger partial charge is 0.0148 e. The van der Waals surface area contributed by atoms with Gasteiger partial charge in [0, 0.05) is 0 Å². The molecule has 8 rings (SSSR count). The lowest BCUT2D eigenvalue weighted by atomic mass is 9.38. The van der Waals surface area contributed by atoms with Crippen LogP contribution >= 0.6 is 0 Å². The van der Waals surface area contributed by atoms with Gasteiger partial charge < -0.3 is 0 Å². The van der Waals surface area contributed by atoms with E-state index in [1.54, 1.807) is 77.0 Å². The lowest BCUT2D eigenvalue weighted by Gasteiger charge is -2.66. The van der Waals surface area contributed by atoms with Gasteiger partial charge in [0.25, 0.3) is 0 Å². The Bertz CT molecular complexity index is 372. The molecule has 1 radical (unpaired) electrons. The largest absolute Gasteiger partial charge is 0.0580 e. The van der Waals surface area contributed by atoms with E-state index in [0.29, 0.717) is 0 Å². The van der Waals surface area contributed by atoms with Crippen LogP contribution in [0.3, 0.4) is 0 Å². The Hall–Kier alpha value is 0. The lowest BCUT2D eigenvalue weighted by Crippen LogP contribution is -2.56. The molecule has 22 heavy (non-hydrogen) atoms. The third-order valence-electron chi connectivity index (χ3n) is 9.67. The predicted molar refractivity (Wildman–Crippen MR) is 90.1 cm³/mol. The van der Waals surface area contributed by atoms with Gasteiger partial charge >= 0.3 is 0 Å². The zero-order valence-electron chi connectivity index (χ0n) is 14.4. The minimum atomic E-state index is 0.723. The predicted octanol–water partition coefficient (Wildman–Crippen LogP) is 6.01. The second-order valence-electron chi connectivity index (χ2n) is 11.0. The highest BCUT2D eigenvalue weighted by Crippen LogP contribution is 2.71. The van der Waals surface area contributed by atoms with Crippen LogP contribution in [0.5, 0.6) is 0 Å². The van der Waals surface area contributed by atoms with E-state index < -0.39 is 0 Å². The average molecular weight is 298 g/mol. The van der Waals surface area contributed by atoms with Crippen molar-refractivity contribution in [2.45, 2.75) is 84.0 Å². The number of hydrogen-bond acceptors (Lipinski definition) is 0. The van der Waals surface area contributed by atoms with Crippen molar-refractivity contribution in [1.29, 1.82) is 0 Å². The first kappa shape index (κ1) is 13.3. The van der Waals surface area contributed by atoms with Crippen LogP contribution < -0.4 is 0 Å². The monoisotopic (exact) mass is 297 g/mol. The van der Waals surface area contributed by atoms with Gasteiger partial charge in [-0.25, -0.2) is 0 Å². The number of hydrogen-bond donors (Lipinski definition) is 0. The molecule has 121 valence electrons. The molecule has 0 aromatic carbocycles. The summed E-state index contributed by atoms with van der Waals surface area (Å²) < 4.78 is 0. The Balaban J connectivity index is 1.36. The van der Waals surface area contributed by atoms with Crippen LogP contribution in [0.4, 0.5) is 0 Å². The molecule has 0 N–H and O–H groups in total. The molecule has 0 amide bonds. The maximum atomic E-state index is 2.68. The first-order chi connectivity index (χ1) is 10.6. The van der Waals surface area contributed by atoms with Gasteiger partial charge in [0.15, 0.2) is 0 Å². The molecule has 8 fully saturated rings. The SMILES string of the molecule is C[C](C12CC3CC(CC(C3)C1)C2)C12CC3CC(CC(C3)C1)C2. The summed E-state index contributed by atoms with van der Waals surface area (Å²) in [5, 5.41) is 0. The molecule has 0 heterocycles. The van der Waals surface area contributed by atoms with Gasteiger partial charge in [-0.05, 0) is 129 Å². The topological polar surface area (TPSA) is 0 Å². The zero-order chi connectivity index (χ0) is 14.5. The summed E-state index contributed by atoms with van der Waals surface area (Å²) in [7, 11) is 0. The average Bonchev–Trinajstić information content (AvgIpc) is 2.43. The van der Waals surface area contributed by atoms with E-state index in [2.05, 4.69) is 12.8 Å². The van der Waals surface area contributed by atoms with E-state index in [1.165, 1.54) is 0 Å². The van der Waals surface area contributed by atoms with Gasteiger partial charge in [-0.2, -0.15) is 0 Å². The van der Waals surface area contributed by atoms with E-state index in [0.717, 1.165) is 46.3 Å². The standard InChI is InChI=1S/C22H33/c1-14(21-8-15-2-16(9-21)4-17(3-15)10-21)22-11-18-5-19(12-22)7-20(6-18)13-22/h15-20H,2-13H2,1H3. The van der Waals surface area contributed by atoms with E-state index in [1.807, 2.05) is 0 Å².